The predicted molar refractivity (Wildman–Crippen MR) is 109 cm³/mol. The molecule has 8 heteroatoms. The fourth-order valence-electron chi connectivity index (χ4n) is 3.07. The first kappa shape index (κ1) is 21.3. The van der Waals surface area contributed by atoms with E-state index in [9.17, 15) is 13.2 Å². The Morgan fingerprint density at radius 1 is 1.03 bits per heavy atom. The molecule has 0 aromatic heterocycles. The van der Waals surface area contributed by atoms with Crippen LogP contribution in [0.25, 0.3) is 0 Å². The molecule has 0 spiro atoms. The first-order valence-corrected chi connectivity index (χ1v) is 11.2. The Kier molecular flexibility index (Phi) is 7.24. The maximum absolute atomic E-state index is 12.5. The number of carbonyl (C=O) groups is 1. The van der Waals surface area contributed by atoms with Gasteiger partial charge in [-0.15, -0.1) is 0 Å². The fourth-order valence-corrected chi connectivity index (χ4v) is 3.64. The van der Waals surface area contributed by atoms with Crippen molar-refractivity contribution in [1.29, 1.82) is 0 Å². The molecule has 0 bridgehead atoms. The number of esters is 1. The Labute approximate surface area is 171 Å². The number of carbonyl (C=O) groups excluding carboxylic acids is 1. The molecule has 2 aromatic rings. The minimum atomic E-state index is -3.82. The maximum Gasteiger partial charge on any atom is 0.337 e. The average molecular weight is 419 g/mol. The van der Waals surface area contributed by atoms with E-state index in [1.54, 1.807) is 0 Å². The largest absolute Gasteiger partial charge is 0.459 e. The third-order valence-electron chi connectivity index (χ3n) is 4.51. The Morgan fingerprint density at radius 3 is 2.31 bits per heavy atom. The highest BCUT2D eigenvalue weighted by Crippen LogP contribution is 2.19. The summed E-state index contributed by atoms with van der Waals surface area (Å²) in [4.78, 5) is 14.7. The van der Waals surface area contributed by atoms with Crippen molar-refractivity contribution in [3.05, 3.63) is 65.7 Å². The summed E-state index contributed by atoms with van der Waals surface area (Å²) in [5.41, 5.74) is 2.66. The van der Waals surface area contributed by atoms with Crippen LogP contribution >= 0.6 is 0 Å². The first-order chi connectivity index (χ1) is 13.9. The van der Waals surface area contributed by atoms with Crippen LogP contribution in [0.5, 0.6) is 0 Å². The molecule has 1 atom stereocenters. The van der Waals surface area contributed by atoms with Crippen LogP contribution in [0, 0.1) is 0 Å². The van der Waals surface area contributed by atoms with Gasteiger partial charge in [0.15, 0.2) is 6.10 Å². The number of morpholine rings is 1. The van der Waals surface area contributed by atoms with E-state index in [0.29, 0.717) is 13.2 Å². The lowest BCUT2D eigenvalue weighted by Crippen LogP contribution is -2.36. The molecule has 0 unspecified atom stereocenters. The molecule has 1 aliphatic heterocycles. The van der Waals surface area contributed by atoms with E-state index in [4.69, 9.17) is 13.7 Å². The maximum atomic E-state index is 12.5. The molecule has 3 rings (SSSR count). The monoisotopic (exact) mass is 419 g/mol. The van der Waals surface area contributed by atoms with Gasteiger partial charge >= 0.3 is 5.97 Å². The van der Waals surface area contributed by atoms with Crippen LogP contribution in [-0.4, -0.2) is 53.1 Å². The lowest BCUT2D eigenvalue weighted by Gasteiger charge is -2.29. The quantitative estimate of drug-likeness (QED) is 0.479. The summed E-state index contributed by atoms with van der Waals surface area (Å²) in [6, 6.07) is 16.8. The van der Waals surface area contributed by atoms with Gasteiger partial charge in [-0.25, -0.2) is 4.79 Å². The van der Waals surface area contributed by atoms with Crippen LogP contribution in [0.3, 0.4) is 0 Å². The van der Waals surface area contributed by atoms with Gasteiger partial charge in [-0.3, -0.25) is 4.18 Å². The van der Waals surface area contributed by atoms with E-state index in [2.05, 4.69) is 4.90 Å². The Bertz CT molecular complexity index is 893. The number of nitrogens with zero attached hydrogens (tertiary/aromatic N) is 1. The van der Waals surface area contributed by atoms with Crippen LogP contribution in [-0.2, 0) is 41.6 Å². The molecule has 2 aromatic carbocycles. The number of benzene rings is 2. The summed E-state index contributed by atoms with van der Waals surface area (Å²) >= 11 is 0. The number of rotatable bonds is 8. The second-order valence-corrected chi connectivity index (χ2v) is 8.45. The second-order valence-electron chi connectivity index (χ2n) is 6.85. The van der Waals surface area contributed by atoms with Crippen molar-refractivity contribution in [2.24, 2.45) is 0 Å². The summed E-state index contributed by atoms with van der Waals surface area (Å²) in [5.74, 6) is -0.712. The van der Waals surface area contributed by atoms with E-state index < -0.39 is 22.2 Å². The summed E-state index contributed by atoms with van der Waals surface area (Å²) < 4.78 is 38.9. The molecular formula is C21H25NO6S. The van der Waals surface area contributed by atoms with E-state index >= 15 is 0 Å². The molecule has 1 heterocycles. The average Bonchev–Trinajstić information content (AvgIpc) is 2.72. The first-order valence-electron chi connectivity index (χ1n) is 9.41. The van der Waals surface area contributed by atoms with Crippen LogP contribution in [0.4, 0.5) is 5.69 Å². The van der Waals surface area contributed by atoms with Gasteiger partial charge < -0.3 is 14.4 Å². The fraction of sp³-hybridized carbons (Fsp3) is 0.381. The van der Waals surface area contributed by atoms with E-state index in [-0.39, 0.29) is 13.0 Å². The van der Waals surface area contributed by atoms with Crippen molar-refractivity contribution < 1.29 is 26.9 Å². The second kappa shape index (κ2) is 9.87. The van der Waals surface area contributed by atoms with Gasteiger partial charge in [0.1, 0.15) is 6.61 Å². The van der Waals surface area contributed by atoms with Gasteiger partial charge in [0.25, 0.3) is 10.1 Å². The molecule has 0 amide bonds. The van der Waals surface area contributed by atoms with Gasteiger partial charge in [-0.2, -0.15) is 8.42 Å². The molecule has 0 N–H and O–H groups in total. The molecule has 0 saturated carbocycles. The molecule has 1 aliphatic rings. The Morgan fingerprint density at radius 2 is 1.69 bits per heavy atom. The predicted octanol–water partition coefficient (Wildman–Crippen LogP) is 2.15. The zero-order valence-electron chi connectivity index (χ0n) is 16.3. The lowest BCUT2D eigenvalue weighted by molar-refractivity contribution is -0.153. The van der Waals surface area contributed by atoms with Gasteiger partial charge in [0.05, 0.1) is 19.5 Å². The van der Waals surface area contributed by atoms with Crippen molar-refractivity contribution in [2.45, 2.75) is 19.1 Å². The van der Waals surface area contributed by atoms with Gasteiger partial charge in [-0.05, 0) is 23.3 Å². The Balaban J connectivity index is 1.65. The van der Waals surface area contributed by atoms with Crippen LogP contribution < -0.4 is 4.90 Å². The number of hydrogen-bond acceptors (Lipinski definition) is 7. The third-order valence-corrected chi connectivity index (χ3v) is 5.09. The molecule has 29 heavy (non-hydrogen) atoms. The molecular weight excluding hydrogens is 394 g/mol. The highest BCUT2D eigenvalue weighted by Gasteiger charge is 2.26. The third kappa shape index (κ3) is 6.85. The number of ether oxygens (including phenoxy) is 2. The van der Waals surface area contributed by atoms with Crippen molar-refractivity contribution in [2.75, 3.05) is 37.5 Å². The van der Waals surface area contributed by atoms with E-state index in [0.717, 1.165) is 36.2 Å². The standard InChI is InChI=1S/C21H25NO6S/c1-29(24,25)28-20(21(23)27-16-18-5-3-2-4-6-18)15-17-7-9-19(10-8-17)22-11-13-26-14-12-22/h2-10,20H,11-16H2,1H3/t20-/m0/s1. The van der Waals surface area contributed by atoms with Crippen molar-refractivity contribution in [3.63, 3.8) is 0 Å². The van der Waals surface area contributed by atoms with E-state index in [1.165, 1.54) is 0 Å². The van der Waals surface area contributed by atoms with Crippen molar-refractivity contribution in [1.82, 2.24) is 0 Å². The van der Waals surface area contributed by atoms with Crippen LogP contribution in [0.1, 0.15) is 11.1 Å². The normalized spacial score (nSPS) is 15.7. The van der Waals surface area contributed by atoms with Crippen LogP contribution in [0.2, 0.25) is 0 Å². The topological polar surface area (TPSA) is 82.1 Å². The molecule has 7 nitrogen and oxygen atoms in total. The summed E-state index contributed by atoms with van der Waals surface area (Å²) in [7, 11) is -3.82. The molecule has 0 aliphatic carbocycles. The van der Waals surface area contributed by atoms with Gasteiger partial charge in [0.2, 0.25) is 0 Å². The van der Waals surface area contributed by atoms with Gasteiger partial charge in [0, 0.05) is 25.2 Å². The van der Waals surface area contributed by atoms with Gasteiger partial charge in [-0.1, -0.05) is 42.5 Å². The highest BCUT2D eigenvalue weighted by atomic mass is 32.2. The van der Waals surface area contributed by atoms with Crippen molar-refractivity contribution in [3.8, 4) is 0 Å². The zero-order valence-corrected chi connectivity index (χ0v) is 17.1. The molecule has 1 fully saturated rings. The minimum Gasteiger partial charge on any atom is -0.459 e. The minimum absolute atomic E-state index is 0.0548. The number of hydrogen-bond donors (Lipinski definition) is 0. The summed E-state index contributed by atoms with van der Waals surface area (Å²) in [5, 5.41) is 0. The summed E-state index contributed by atoms with van der Waals surface area (Å²) in [6.45, 7) is 3.09. The molecule has 156 valence electrons. The van der Waals surface area contributed by atoms with Crippen LogP contribution in [0.15, 0.2) is 54.6 Å². The molecule has 1 saturated heterocycles. The van der Waals surface area contributed by atoms with Crippen molar-refractivity contribution >= 4 is 21.8 Å². The number of anilines is 1. The SMILES string of the molecule is CS(=O)(=O)O[C@@H](Cc1ccc(N2CCOCC2)cc1)C(=O)OCc1ccccc1. The lowest BCUT2D eigenvalue weighted by atomic mass is 10.1. The summed E-state index contributed by atoms with van der Waals surface area (Å²) in [6.07, 6.45) is -0.209. The molecule has 0 radical (unpaired) electrons. The van der Waals surface area contributed by atoms with E-state index in [1.807, 2.05) is 54.6 Å². The zero-order chi connectivity index (χ0) is 20.7. The Hall–Kier alpha value is -2.42. The highest BCUT2D eigenvalue weighted by molar-refractivity contribution is 7.86. The smallest absolute Gasteiger partial charge is 0.337 e.